The number of nitrogens with one attached hydrogen (secondary N) is 1. The normalized spacial score (nSPS) is 20.2. The summed E-state index contributed by atoms with van der Waals surface area (Å²) in [7, 11) is 0. The zero-order valence-corrected chi connectivity index (χ0v) is 19.1. The van der Waals surface area contributed by atoms with Crippen LogP contribution < -0.4 is 5.32 Å². The number of hydrogen-bond donors (Lipinski definition) is 3. The average Bonchev–Trinajstić information content (AvgIpc) is 3.15. The summed E-state index contributed by atoms with van der Waals surface area (Å²) < 4.78 is 5.54. The van der Waals surface area contributed by atoms with Crippen LogP contribution in [-0.2, 0) is 14.3 Å². The number of fused-ring (bicyclic) bond motifs is 3. The Morgan fingerprint density at radius 2 is 1.71 bits per heavy atom. The summed E-state index contributed by atoms with van der Waals surface area (Å²) in [5.74, 6) is -1.61. The van der Waals surface area contributed by atoms with Gasteiger partial charge >= 0.3 is 12.1 Å². The van der Waals surface area contributed by atoms with E-state index in [0.29, 0.717) is 19.5 Å². The number of piperidine rings is 1. The molecular weight excluding hydrogens is 436 g/mol. The number of nitrogens with zero attached hydrogens (tertiary/aromatic N) is 1. The molecule has 3 atom stereocenters. The van der Waals surface area contributed by atoms with Crippen LogP contribution in [0.2, 0.25) is 0 Å². The predicted molar refractivity (Wildman–Crippen MR) is 125 cm³/mol. The van der Waals surface area contributed by atoms with Crippen molar-refractivity contribution in [1.29, 1.82) is 0 Å². The summed E-state index contributed by atoms with van der Waals surface area (Å²) in [4.78, 5) is 38.5. The second kappa shape index (κ2) is 10.3. The Morgan fingerprint density at radius 1 is 1.09 bits per heavy atom. The molecule has 1 heterocycles. The Bertz CT molecular complexity index is 1030. The number of aliphatic hydroxyl groups excluding tert-OH is 1. The number of amides is 2. The fraction of sp³-hybridized carbons (Fsp3) is 0.423. The van der Waals surface area contributed by atoms with Gasteiger partial charge in [-0.1, -0.05) is 55.5 Å². The van der Waals surface area contributed by atoms with Crippen molar-refractivity contribution in [2.75, 3.05) is 19.7 Å². The van der Waals surface area contributed by atoms with Gasteiger partial charge in [0.25, 0.3) is 0 Å². The number of carboxylic acid groups (broad SMARTS) is 1. The van der Waals surface area contributed by atoms with Crippen molar-refractivity contribution in [3.63, 3.8) is 0 Å². The molecule has 3 N–H and O–H groups in total. The SMILES string of the molecule is CC1CN(C(=O)C(CCC(=O)O)NC(=O)OCC2c3ccccc3-c3ccccc32)CCC1O. The van der Waals surface area contributed by atoms with E-state index in [4.69, 9.17) is 9.84 Å². The van der Waals surface area contributed by atoms with Crippen molar-refractivity contribution in [2.45, 2.75) is 44.2 Å². The summed E-state index contributed by atoms with van der Waals surface area (Å²) in [6.07, 6.45) is -1.08. The van der Waals surface area contributed by atoms with Crippen molar-refractivity contribution in [2.24, 2.45) is 5.92 Å². The number of alkyl carbamates (subject to hydrolysis) is 1. The van der Waals surface area contributed by atoms with E-state index >= 15 is 0 Å². The van der Waals surface area contributed by atoms with Crippen LogP contribution in [0.4, 0.5) is 4.79 Å². The molecule has 4 rings (SSSR count). The number of benzene rings is 2. The molecule has 1 aliphatic carbocycles. The fourth-order valence-electron chi connectivity index (χ4n) is 4.86. The van der Waals surface area contributed by atoms with E-state index in [1.807, 2.05) is 55.5 Å². The lowest BCUT2D eigenvalue weighted by Gasteiger charge is -2.36. The summed E-state index contributed by atoms with van der Waals surface area (Å²) in [6.45, 7) is 2.68. The largest absolute Gasteiger partial charge is 0.481 e. The minimum absolute atomic E-state index is 0.0359. The number of ether oxygens (including phenoxy) is 1. The molecule has 2 aromatic carbocycles. The first-order valence-electron chi connectivity index (χ1n) is 11.6. The van der Waals surface area contributed by atoms with Crippen molar-refractivity contribution in [3.05, 3.63) is 59.7 Å². The molecule has 34 heavy (non-hydrogen) atoms. The summed E-state index contributed by atoms with van der Waals surface area (Å²) in [6, 6.07) is 15.0. The summed E-state index contributed by atoms with van der Waals surface area (Å²) >= 11 is 0. The van der Waals surface area contributed by atoms with Gasteiger partial charge in [0.05, 0.1) is 6.10 Å². The van der Waals surface area contributed by atoms with E-state index in [1.54, 1.807) is 4.90 Å². The zero-order valence-electron chi connectivity index (χ0n) is 19.1. The topological polar surface area (TPSA) is 116 Å². The van der Waals surface area contributed by atoms with Gasteiger partial charge in [-0.05, 0) is 41.0 Å². The monoisotopic (exact) mass is 466 g/mol. The molecule has 2 amide bonds. The van der Waals surface area contributed by atoms with Gasteiger partial charge in [0, 0.05) is 25.4 Å². The van der Waals surface area contributed by atoms with E-state index in [2.05, 4.69) is 5.32 Å². The lowest BCUT2D eigenvalue weighted by atomic mass is 9.96. The van der Waals surface area contributed by atoms with Gasteiger partial charge in [-0.25, -0.2) is 4.79 Å². The predicted octanol–water partition coefficient (Wildman–Crippen LogP) is 2.99. The van der Waals surface area contributed by atoms with Crippen molar-refractivity contribution in [1.82, 2.24) is 10.2 Å². The molecule has 8 heteroatoms. The molecule has 1 aliphatic heterocycles. The Hall–Kier alpha value is -3.39. The van der Waals surface area contributed by atoms with Gasteiger partial charge in [-0.15, -0.1) is 0 Å². The standard InChI is InChI=1S/C26H30N2O6/c1-16-14-28(13-12-23(16)29)25(32)22(10-11-24(30)31)27-26(33)34-15-21-19-8-4-2-6-17(19)18-7-3-5-9-20(18)21/h2-9,16,21-23,29H,10-15H2,1H3,(H,27,33)(H,30,31). The first-order valence-corrected chi connectivity index (χ1v) is 11.6. The lowest BCUT2D eigenvalue weighted by Crippen LogP contribution is -2.53. The number of carboxylic acids is 1. The first kappa shape index (κ1) is 23.8. The molecule has 0 spiro atoms. The van der Waals surface area contributed by atoms with Gasteiger partial charge in [0.2, 0.25) is 5.91 Å². The molecule has 180 valence electrons. The van der Waals surface area contributed by atoms with Crippen LogP contribution in [0.5, 0.6) is 0 Å². The molecule has 2 aromatic rings. The third-order valence-electron chi connectivity index (χ3n) is 6.75. The van der Waals surface area contributed by atoms with Gasteiger partial charge in [0.1, 0.15) is 12.6 Å². The highest BCUT2D eigenvalue weighted by Gasteiger charge is 2.33. The third-order valence-corrected chi connectivity index (χ3v) is 6.75. The maximum atomic E-state index is 13.1. The van der Waals surface area contributed by atoms with Crippen molar-refractivity contribution < 1.29 is 29.3 Å². The number of hydrogen-bond acceptors (Lipinski definition) is 5. The van der Waals surface area contributed by atoms with Crippen molar-refractivity contribution >= 4 is 18.0 Å². The van der Waals surface area contributed by atoms with Crippen LogP contribution in [0.15, 0.2) is 48.5 Å². The number of rotatable bonds is 7. The molecule has 1 saturated heterocycles. The van der Waals surface area contributed by atoms with Gasteiger partial charge in [-0.2, -0.15) is 0 Å². The van der Waals surface area contributed by atoms with Gasteiger partial charge in [0.15, 0.2) is 0 Å². The van der Waals surface area contributed by atoms with Crippen molar-refractivity contribution in [3.8, 4) is 11.1 Å². The van der Waals surface area contributed by atoms with Gasteiger partial charge < -0.3 is 25.2 Å². The minimum atomic E-state index is -1.05. The van der Waals surface area contributed by atoms with Crippen LogP contribution in [0.25, 0.3) is 11.1 Å². The molecule has 0 aromatic heterocycles. The number of aliphatic hydroxyl groups is 1. The number of carbonyl (C=O) groups is 3. The molecule has 1 fully saturated rings. The Kier molecular flexibility index (Phi) is 7.17. The molecule has 0 bridgehead atoms. The molecule has 0 saturated carbocycles. The van der Waals surface area contributed by atoms with Crippen LogP contribution in [0.3, 0.4) is 0 Å². The second-order valence-corrected chi connectivity index (χ2v) is 9.07. The minimum Gasteiger partial charge on any atom is -0.481 e. The average molecular weight is 467 g/mol. The van der Waals surface area contributed by atoms with Crippen LogP contribution in [0, 0.1) is 5.92 Å². The number of aliphatic carboxylic acids is 1. The van der Waals surface area contributed by atoms with E-state index in [0.717, 1.165) is 22.3 Å². The van der Waals surface area contributed by atoms with E-state index in [9.17, 15) is 19.5 Å². The maximum absolute atomic E-state index is 13.1. The number of carbonyl (C=O) groups excluding carboxylic acids is 2. The Balaban J connectivity index is 1.42. The summed E-state index contributed by atoms with van der Waals surface area (Å²) in [5, 5.41) is 21.6. The first-order chi connectivity index (χ1) is 16.3. The molecule has 3 unspecified atom stereocenters. The maximum Gasteiger partial charge on any atom is 0.407 e. The molecule has 2 aliphatic rings. The van der Waals surface area contributed by atoms with Crippen LogP contribution in [0.1, 0.15) is 43.2 Å². The van der Waals surface area contributed by atoms with E-state index in [-0.39, 0.29) is 37.2 Å². The molecule has 0 radical (unpaired) electrons. The second-order valence-electron chi connectivity index (χ2n) is 9.07. The smallest absolute Gasteiger partial charge is 0.407 e. The highest BCUT2D eigenvalue weighted by molar-refractivity contribution is 5.86. The Labute approximate surface area is 198 Å². The van der Waals surface area contributed by atoms with E-state index < -0.39 is 24.2 Å². The molecular formula is C26H30N2O6. The highest BCUT2D eigenvalue weighted by Crippen LogP contribution is 2.44. The quantitative estimate of drug-likeness (QED) is 0.578. The van der Waals surface area contributed by atoms with E-state index in [1.165, 1.54) is 0 Å². The zero-order chi connectivity index (χ0) is 24.2. The third kappa shape index (κ3) is 5.07. The lowest BCUT2D eigenvalue weighted by molar-refractivity contribution is -0.139. The van der Waals surface area contributed by atoms with Gasteiger partial charge in [-0.3, -0.25) is 9.59 Å². The number of likely N-dealkylation sites (tertiary alicyclic amines) is 1. The Morgan fingerprint density at radius 3 is 2.29 bits per heavy atom. The highest BCUT2D eigenvalue weighted by atomic mass is 16.5. The molecule has 8 nitrogen and oxygen atoms in total. The fourth-order valence-corrected chi connectivity index (χ4v) is 4.86. The van der Waals surface area contributed by atoms with Crippen LogP contribution >= 0.6 is 0 Å². The van der Waals surface area contributed by atoms with Crippen LogP contribution in [-0.4, -0.2) is 64.9 Å². The summed E-state index contributed by atoms with van der Waals surface area (Å²) in [5.41, 5.74) is 4.39.